The average Bonchev–Trinajstić information content (AvgIpc) is 2.79. The van der Waals surface area contributed by atoms with E-state index in [1.54, 1.807) is 18.2 Å². The summed E-state index contributed by atoms with van der Waals surface area (Å²) >= 11 is 0. The Morgan fingerprint density at radius 2 is 1.91 bits per heavy atom. The van der Waals surface area contributed by atoms with Crippen LogP contribution in [0.25, 0.3) is 0 Å². The predicted octanol–water partition coefficient (Wildman–Crippen LogP) is 2.02. The van der Waals surface area contributed by atoms with Crippen LogP contribution in [0.1, 0.15) is 42.1 Å². The number of carbonyl (C=O) groups is 2. The van der Waals surface area contributed by atoms with E-state index in [2.05, 4.69) is 15.1 Å². The van der Waals surface area contributed by atoms with Gasteiger partial charge in [0.1, 0.15) is 11.6 Å². The number of likely N-dealkylation sites (tertiary alicyclic amines) is 1. The maximum Gasteiger partial charge on any atom is 0.234 e. The number of carbonyl (C=O) groups excluding carboxylic acids is 2. The summed E-state index contributed by atoms with van der Waals surface area (Å²) in [6.45, 7) is 1.85. The van der Waals surface area contributed by atoms with E-state index in [1.807, 2.05) is 7.05 Å². The molecule has 0 aliphatic carbocycles. The van der Waals surface area contributed by atoms with Gasteiger partial charge in [-0.3, -0.25) is 14.5 Å². The number of amides is 2. The molecule has 1 atom stereocenters. The van der Waals surface area contributed by atoms with E-state index >= 15 is 0 Å². The Morgan fingerprint density at radius 1 is 1.18 bits per heavy atom. The maximum absolute atomic E-state index is 13.8. The van der Waals surface area contributed by atoms with Crippen LogP contribution in [0.5, 0.6) is 0 Å². The van der Waals surface area contributed by atoms with Crippen LogP contribution < -0.4 is 16.0 Å². The van der Waals surface area contributed by atoms with Crippen molar-refractivity contribution in [3.05, 3.63) is 64.7 Å². The molecule has 9 heteroatoms. The summed E-state index contributed by atoms with van der Waals surface area (Å²) in [6.07, 6.45) is 1.18. The van der Waals surface area contributed by atoms with Gasteiger partial charge >= 0.3 is 0 Å². The van der Waals surface area contributed by atoms with E-state index in [9.17, 15) is 23.5 Å². The Morgan fingerprint density at radius 3 is 2.62 bits per heavy atom. The number of aliphatic hydroxyl groups is 1. The molecule has 2 aromatic rings. The molecular weight excluding hydrogens is 442 g/mol. The van der Waals surface area contributed by atoms with E-state index in [4.69, 9.17) is 5.73 Å². The third kappa shape index (κ3) is 5.05. The molecule has 1 spiro atoms. The van der Waals surface area contributed by atoms with Gasteiger partial charge < -0.3 is 21.1 Å². The summed E-state index contributed by atoms with van der Waals surface area (Å²) in [5, 5.41) is 13.5. The summed E-state index contributed by atoms with van der Waals surface area (Å²) in [4.78, 5) is 27.8. The fraction of sp³-hybridized carbons (Fsp3) is 0.440. The highest BCUT2D eigenvalue weighted by atomic mass is 19.1. The lowest BCUT2D eigenvalue weighted by Crippen LogP contribution is -2.57. The molecular formula is C25H30F2N4O3. The summed E-state index contributed by atoms with van der Waals surface area (Å²) in [5.41, 5.74) is 7.29. The summed E-state index contributed by atoms with van der Waals surface area (Å²) in [6, 6.07) is 8.92. The Hall–Kier alpha value is -3.04. The number of aliphatic hydroxyl groups excluding tert-OH is 1. The van der Waals surface area contributed by atoms with Gasteiger partial charge in [0.05, 0.1) is 19.1 Å². The van der Waals surface area contributed by atoms with Gasteiger partial charge in [-0.15, -0.1) is 0 Å². The molecule has 0 radical (unpaired) electrons. The second-order valence-electron chi connectivity index (χ2n) is 9.33. The average molecular weight is 473 g/mol. The maximum atomic E-state index is 13.8. The van der Waals surface area contributed by atoms with Crippen molar-refractivity contribution in [2.24, 2.45) is 5.73 Å². The molecule has 182 valence electrons. The van der Waals surface area contributed by atoms with Gasteiger partial charge in [-0.05, 0) is 48.2 Å². The molecule has 4 N–H and O–H groups in total. The van der Waals surface area contributed by atoms with Gasteiger partial charge in [0, 0.05) is 49.9 Å². The Bertz CT molecular complexity index is 1090. The highest BCUT2D eigenvalue weighted by Gasteiger charge is 2.44. The number of benzene rings is 2. The topological polar surface area (TPSA) is 98.9 Å². The standard InChI is InChI=1S/C25H30F2N4O3/c1-30-21-5-3-18(26)12-19(21)22(32)13-25(30)6-8-31(9-7-25)15-24(34)29-14-16-2-4-20(27)17(10-16)11-23(28)33/h2-5,10,12,22,32H,6-9,11,13-15H2,1H3,(H2,28,33)(H,29,34). The minimum Gasteiger partial charge on any atom is -0.388 e. The molecule has 0 bridgehead atoms. The van der Waals surface area contributed by atoms with E-state index < -0.39 is 17.8 Å². The monoisotopic (exact) mass is 472 g/mol. The molecule has 1 saturated heterocycles. The minimum atomic E-state index is -0.716. The van der Waals surface area contributed by atoms with E-state index in [0.29, 0.717) is 30.6 Å². The largest absolute Gasteiger partial charge is 0.388 e. The number of halogens is 2. The van der Waals surface area contributed by atoms with Crippen molar-refractivity contribution in [1.29, 1.82) is 0 Å². The van der Waals surface area contributed by atoms with Crippen molar-refractivity contribution < 1.29 is 23.5 Å². The molecule has 2 aliphatic rings. The number of piperidine rings is 1. The van der Waals surface area contributed by atoms with Crippen LogP contribution in [0.15, 0.2) is 36.4 Å². The van der Waals surface area contributed by atoms with Crippen LogP contribution in [0.3, 0.4) is 0 Å². The molecule has 0 aromatic heterocycles. The van der Waals surface area contributed by atoms with Gasteiger partial charge in [-0.25, -0.2) is 8.78 Å². The first kappa shape index (κ1) is 24.1. The van der Waals surface area contributed by atoms with Crippen LogP contribution >= 0.6 is 0 Å². The number of primary amides is 1. The molecule has 34 heavy (non-hydrogen) atoms. The van der Waals surface area contributed by atoms with Crippen LogP contribution in [-0.4, -0.2) is 54.0 Å². The Kier molecular flexibility index (Phi) is 6.86. The van der Waals surface area contributed by atoms with E-state index in [0.717, 1.165) is 18.5 Å². The predicted molar refractivity (Wildman–Crippen MR) is 124 cm³/mol. The third-order valence-electron chi connectivity index (χ3n) is 7.11. The zero-order chi connectivity index (χ0) is 24.5. The SMILES string of the molecule is CN1c2ccc(F)cc2C(O)CC12CCN(CC(=O)NCc1ccc(F)c(CC(N)=O)c1)CC2. The molecule has 1 fully saturated rings. The molecule has 2 heterocycles. The third-order valence-corrected chi connectivity index (χ3v) is 7.11. The normalized spacial score (nSPS) is 19.6. The molecule has 1 unspecified atom stereocenters. The number of fused-ring (bicyclic) bond motifs is 1. The first-order valence-corrected chi connectivity index (χ1v) is 11.4. The summed E-state index contributed by atoms with van der Waals surface area (Å²) in [7, 11) is 1.99. The van der Waals surface area contributed by atoms with E-state index in [1.165, 1.54) is 18.2 Å². The van der Waals surface area contributed by atoms with Crippen molar-refractivity contribution in [1.82, 2.24) is 10.2 Å². The number of nitrogens with two attached hydrogens (primary N) is 1. The summed E-state index contributed by atoms with van der Waals surface area (Å²) < 4.78 is 27.5. The highest BCUT2D eigenvalue weighted by Crippen LogP contribution is 2.46. The van der Waals surface area contributed by atoms with Crippen molar-refractivity contribution in [3.8, 4) is 0 Å². The fourth-order valence-electron chi connectivity index (χ4n) is 5.15. The van der Waals surface area contributed by atoms with Crippen molar-refractivity contribution in [3.63, 3.8) is 0 Å². The first-order valence-electron chi connectivity index (χ1n) is 11.4. The molecule has 0 saturated carbocycles. The van der Waals surface area contributed by atoms with Crippen molar-refractivity contribution in [2.75, 3.05) is 31.6 Å². The van der Waals surface area contributed by atoms with Gasteiger partial charge in [-0.2, -0.15) is 0 Å². The Labute approximate surface area is 197 Å². The number of nitrogens with zero attached hydrogens (tertiary/aromatic N) is 2. The Balaban J connectivity index is 1.31. The zero-order valence-electron chi connectivity index (χ0n) is 19.2. The summed E-state index contributed by atoms with van der Waals surface area (Å²) in [5.74, 6) is -1.61. The number of nitrogens with one attached hydrogen (secondary N) is 1. The number of rotatable bonds is 6. The second-order valence-corrected chi connectivity index (χ2v) is 9.33. The molecule has 2 amide bonds. The van der Waals surface area contributed by atoms with Gasteiger partial charge in [0.25, 0.3) is 0 Å². The molecule has 4 rings (SSSR count). The van der Waals surface area contributed by atoms with Crippen molar-refractivity contribution in [2.45, 2.75) is 43.9 Å². The van der Waals surface area contributed by atoms with Crippen LogP contribution in [0.2, 0.25) is 0 Å². The molecule has 7 nitrogen and oxygen atoms in total. The quantitative estimate of drug-likeness (QED) is 0.598. The lowest BCUT2D eigenvalue weighted by atomic mass is 9.76. The van der Waals surface area contributed by atoms with Crippen LogP contribution in [0.4, 0.5) is 14.5 Å². The zero-order valence-corrected chi connectivity index (χ0v) is 19.2. The van der Waals surface area contributed by atoms with Crippen LogP contribution in [0, 0.1) is 11.6 Å². The molecule has 2 aromatic carbocycles. The van der Waals surface area contributed by atoms with Gasteiger partial charge in [-0.1, -0.05) is 12.1 Å². The fourth-order valence-corrected chi connectivity index (χ4v) is 5.15. The second kappa shape index (κ2) is 9.68. The van der Waals surface area contributed by atoms with Gasteiger partial charge in [0.15, 0.2) is 0 Å². The minimum absolute atomic E-state index is 0.144. The van der Waals surface area contributed by atoms with Crippen molar-refractivity contribution >= 4 is 17.5 Å². The highest BCUT2D eigenvalue weighted by molar-refractivity contribution is 5.78. The van der Waals surface area contributed by atoms with Crippen LogP contribution in [-0.2, 0) is 22.6 Å². The number of hydrogen-bond acceptors (Lipinski definition) is 5. The lowest BCUT2D eigenvalue weighted by molar-refractivity contribution is -0.123. The smallest absolute Gasteiger partial charge is 0.234 e. The number of hydrogen-bond donors (Lipinski definition) is 3. The molecule has 2 aliphatic heterocycles. The first-order chi connectivity index (χ1) is 16.2. The number of anilines is 1. The lowest BCUT2D eigenvalue weighted by Gasteiger charge is -2.52. The van der Waals surface area contributed by atoms with E-state index in [-0.39, 0.29) is 42.3 Å². The van der Waals surface area contributed by atoms with Gasteiger partial charge in [0.2, 0.25) is 11.8 Å².